The molecule has 1 aromatic carbocycles. The van der Waals surface area contributed by atoms with Crippen LogP contribution in [0.5, 0.6) is 0 Å². The fourth-order valence-corrected chi connectivity index (χ4v) is 3.81. The zero-order chi connectivity index (χ0) is 22.2. The summed E-state index contributed by atoms with van der Waals surface area (Å²) in [5.41, 5.74) is 1.83. The van der Waals surface area contributed by atoms with Crippen molar-refractivity contribution in [1.82, 2.24) is 19.5 Å². The molecule has 1 aliphatic heterocycles. The van der Waals surface area contributed by atoms with Crippen molar-refractivity contribution in [3.05, 3.63) is 52.7 Å². The number of fused-ring (bicyclic) bond motifs is 1. The first-order chi connectivity index (χ1) is 14.7. The van der Waals surface area contributed by atoms with E-state index in [0.29, 0.717) is 16.9 Å². The van der Waals surface area contributed by atoms with Crippen molar-refractivity contribution in [2.24, 2.45) is 5.14 Å². The largest absolute Gasteiger partial charge is 0.387 e. The van der Waals surface area contributed by atoms with Gasteiger partial charge in [0.25, 0.3) is 0 Å². The maximum Gasteiger partial charge on any atom is 0.333 e. The van der Waals surface area contributed by atoms with Crippen molar-refractivity contribution in [2.75, 3.05) is 6.61 Å². The van der Waals surface area contributed by atoms with Crippen LogP contribution >= 0.6 is 15.9 Å². The van der Waals surface area contributed by atoms with Crippen LogP contribution in [0.2, 0.25) is 0 Å². The van der Waals surface area contributed by atoms with E-state index < -0.39 is 41.5 Å². The van der Waals surface area contributed by atoms with Gasteiger partial charge in [0.2, 0.25) is 0 Å². The van der Waals surface area contributed by atoms with E-state index in [1.54, 1.807) is 0 Å². The highest BCUT2D eigenvalue weighted by atomic mass is 79.9. The van der Waals surface area contributed by atoms with Gasteiger partial charge in [0.1, 0.15) is 35.8 Å². The standard InChI is InChI=1S/C18H16BrN5O6S/c19-11-3-1-2-10(6-11)4-5-12-14-17(22-8-21-12)24(9-23-14)18-16(26)15(25)13(30-18)7-29-31(20,27)28/h1-3,6,8-9,13,15-16,18,25-26H,7H2,(H2,20,27,28)/t13-,15-,16-,18-/m1/s1. The van der Waals surface area contributed by atoms with Gasteiger partial charge in [-0.15, -0.1) is 0 Å². The Morgan fingerprint density at radius 1 is 1.23 bits per heavy atom. The predicted molar refractivity (Wildman–Crippen MR) is 110 cm³/mol. The number of aromatic nitrogens is 4. The number of halogens is 1. The summed E-state index contributed by atoms with van der Waals surface area (Å²) < 4.78 is 34.3. The average molecular weight is 510 g/mol. The molecule has 3 aromatic rings. The van der Waals surface area contributed by atoms with Gasteiger partial charge in [0, 0.05) is 10.0 Å². The molecule has 31 heavy (non-hydrogen) atoms. The van der Waals surface area contributed by atoms with Crippen LogP contribution in [0.3, 0.4) is 0 Å². The third kappa shape index (κ3) is 4.75. The molecule has 1 fully saturated rings. The first kappa shape index (κ1) is 21.8. The lowest BCUT2D eigenvalue weighted by Crippen LogP contribution is -2.35. The van der Waals surface area contributed by atoms with Gasteiger partial charge in [-0.3, -0.25) is 8.75 Å². The quantitative estimate of drug-likeness (QED) is 0.405. The number of hydrogen-bond acceptors (Lipinski definition) is 9. The van der Waals surface area contributed by atoms with Gasteiger partial charge in [-0.2, -0.15) is 8.42 Å². The summed E-state index contributed by atoms with van der Waals surface area (Å²) in [5.74, 6) is 5.95. The molecule has 4 rings (SSSR count). The molecule has 0 amide bonds. The van der Waals surface area contributed by atoms with E-state index in [1.165, 1.54) is 17.2 Å². The highest BCUT2D eigenvalue weighted by Gasteiger charge is 2.44. The number of hydrogen-bond donors (Lipinski definition) is 3. The molecule has 11 nitrogen and oxygen atoms in total. The van der Waals surface area contributed by atoms with E-state index in [2.05, 4.69) is 46.9 Å². The van der Waals surface area contributed by atoms with Gasteiger partial charge in [-0.05, 0) is 24.1 Å². The third-order valence-electron chi connectivity index (χ3n) is 4.52. The number of rotatable bonds is 4. The predicted octanol–water partition coefficient (Wildman–Crippen LogP) is -0.172. The van der Waals surface area contributed by atoms with Crippen molar-refractivity contribution in [3.8, 4) is 11.8 Å². The second-order valence-electron chi connectivity index (χ2n) is 6.63. The highest BCUT2D eigenvalue weighted by Crippen LogP contribution is 2.31. The Bertz CT molecular complexity index is 1290. The summed E-state index contributed by atoms with van der Waals surface area (Å²) in [4.78, 5) is 12.6. The fourth-order valence-electron chi connectivity index (χ4n) is 3.09. The van der Waals surface area contributed by atoms with Crippen molar-refractivity contribution in [1.29, 1.82) is 0 Å². The third-order valence-corrected chi connectivity index (χ3v) is 5.47. The van der Waals surface area contributed by atoms with Crippen LogP contribution in [0.25, 0.3) is 11.2 Å². The molecule has 162 valence electrons. The first-order valence-electron chi connectivity index (χ1n) is 8.87. The lowest BCUT2D eigenvalue weighted by atomic mass is 10.1. The first-order valence-corrected chi connectivity index (χ1v) is 11.1. The topological polar surface area (TPSA) is 163 Å². The minimum atomic E-state index is -4.23. The van der Waals surface area contributed by atoms with E-state index in [0.717, 1.165) is 10.0 Å². The SMILES string of the molecule is NS(=O)(=O)OC[C@H]1O[C@@H](n2cnc3c(C#Cc4cccc(Br)c4)ncnc32)[C@H](O)[C@@H]1O. The highest BCUT2D eigenvalue weighted by molar-refractivity contribution is 9.10. The van der Waals surface area contributed by atoms with E-state index in [4.69, 9.17) is 9.88 Å². The molecule has 0 bridgehead atoms. The fraction of sp³-hybridized carbons (Fsp3) is 0.278. The smallest absolute Gasteiger partial charge is 0.333 e. The Morgan fingerprint density at radius 3 is 2.77 bits per heavy atom. The van der Waals surface area contributed by atoms with Crippen molar-refractivity contribution in [3.63, 3.8) is 0 Å². The van der Waals surface area contributed by atoms with Crippen LogP contribution in [0.1, 0.15) is 17.5 Å². The van der Waals surface area contributed by atoms with Gasteiger partial charge >= 0.3 is 10.3 Å². The van der Waals surface area contributed by atoms with Crippen LogP contribution in [-0.4, -0.2) is 63.1 Å². The zero-order valence-corrected chi connectivity index (χ0v) is 18.1. The van der Waals surface area contributed by atoms with Gasteiger partial charge in [0.05, 0.1) is 12.9 Å². The Hall–Kier alpha value is -2.44. The normalized spacial score (nSPS) is 23.6. The van der Waals surface area contributed by atoms with E-state index in [9.17, 15) is 18.6 Å². The number of imidazole rings is 1. The van der Waals surface area contributed by atoms with E-state index in [-0.39, 0.29) is 0 Å². The molecule has 2 aromatic heterocycles. The molecular weight excluding hydrogens is 494 g/mol. The Kier molecular flexibility index (Phi) is 6.04. The average Bonchev–Trinajstić information content (AvgIpc) is 3.26. The summed E-state index contributed by atoms with van der Waals surface area (Å²) in [7, 11) is -4.23. The van der Waals surface area contributed by atoms with Crippen LogP contribution in [0.4, 0.5) is 0 Å². The second kappa shape index (κ2) is 8.60. The molecule has 0 saturated carbocycles. The molecule has 3 heterocycles. The van der Waals surface area contributed by atoms with Crippen LogP contribution in [0.15, 0.2) is 41.4 Å². The summed E-state index contributed by atoms with van der Waals surface area (Å²) in [6.45, 7) is -0.557. The molecule has 0 radical (unpaired) electrons. The maximum absolute atomic E-state index is 11.0. The van der Waals surface area contributed by atoms with E-state index in [1.807, 2.05) is 24.3 Å². The molecule has 0 unspecified atom stereocenters. The van der Waals surface area contributed by atoms with Gasteiger partial charge in [0.15, 0.2) is 11.9 Å². The van der Waals surface area contributed by atoms with Gasteiger partial charge < -0.3 is 14.9 Å². The number of nitrogens with zero attached hydrogens (tertiary/aromatic N) is 4. The molecule has 1 saturated heterocycles. The van der Waals surface area contributed by atoms with Crippen LogP contribution in [0, 0.1) is 11.8 Å². The number of benzene rings is 1. The summed E-state index contributed by atoms with van der Waals surface area (Å²) >= 11 is 3.39. The molecule has 4 N–H and O–H groups in total. The number of aliphatic hydroxyl groups excluding tert-OH is 2. The minimum Gasteiger partial charge on any atom is -0.387 e. The number of nitrogens with two attached hydrogens (primary N) is 1. The van der Waals surface area contributed by atoms with Gasteiger partial charge in [-0.1, -0.05) is 27.9 Å². The Morgan fingerprint density at radius 2 is 2.03 bits per heavy atom. The number of aliphatic hydroxyl groups is 2. The summed E-state index contributed by atoms with van der Waals surface area (Å²) in [6, 6.07) is 7.46. The number of ether oxygens (including phenoxy) is 1. The molecule has 13 heteroatoms. The maximum atomic E-state index is 11.0. The van der Waals surface area contributed by atoms with Crippen LogP contribution in [-0.2, 0) is 19.2 Å². The summed E-state index contributed by atoms with van der Waals surface area (Å²) in [5, 5.41) is 25.4. The Labute approximate surface area is 185 Å². The molecule has 0 aliphatic carbocycles. The Balaban J connectivity index is 1.62. The zero-order valence-electron chi connectivity index (χ0n) is 15.7. The minimum absolute atomic E-state index is 0.317. The monoisotopic (exact) mass is 509 g/mol. The second-order valence-corrected chi connectivity index (χ2v) is 8.77. The summed E-state index contributed by atoms with van der Waals surface area (Å²) in [6.07, 6.45) is -2.36. The lowest BCUT2D eigenvalue weighted by molar-refractivity contribution is -0.0467. The van der Waals surface area contributed by atoms with E-state index >= 15 is 0 Å². The molecule has 4 atom stereocenters. The van der Waals surface area contributed by atoms with Crippen LogP contribution < -0.4 is 5.14 Å². The molecular formula is C18H16BrN5O6S. The van der Waals surface area contributed by atoms with Crippen molar-refractivity contribution in [2.45, 2.75) is 24.5 Å². The molecule has 0 spiro atoms. The lowest BCUT2D eigenvalue weighted by Gasteiger charge is -2.16. The van der Waals surface area contributed by atoms with Crippen molar-refractivity contribution < 1.29 is 27.6 Å². The van der Waals surface area contributed by atoms with Crippen molar-refractivity contribution >= 4 is 37.4 Å². The molecule has 1 aliphatic rings. The van der Waals surface area contributed by atoms with Gasteiger partial charge in [-0.25, -0.2) is 20.1 Å².